The maximum atomic E-state index is 7.62. The number of nitrogens with one attached hydrogen (secondary N) is 2. The number of hydrazone groups is 1. The molecule has 2 rings (SSSR count). The van der Waals surface area contributed by atoms with Gasteiger partial charge in [0.2, 0.25) is 0 Å². The standard InChI is InChI=1S/C13H19N5/c1-10(14)18-8-7-12(9-18)16-13(17-15)11-5-3-2-4-6-11/h2-6,12,14H,7-9,15H2,1H3,(H,16,17). The first kappa shape index (κ1) is 12.4. The molecule has 4 N–H and O–H groups in total. The Morgan fingerprint density at radius 3 is 2.72 bits per heavy atom. The lowest BCUT2D eigenvalue weighted by molar-refractivity contribution is 0.495. The lowest BCUT2D eigenvalue weighted by atomic mass is 10.2. The van der Waals surface area contributed by atoms with E-state index in [2.05, 4.69) is 15.3 Å². The van der Waals surface area contributed by atoms with E-state index in [1.54, 1.807) is 0 Å². The van der Waals surface area contributed by atoms with Crippen molar-refractivity contribution < 1.29 is 0 Å². The summed E-state index contributed by atoms with van der Waals surface area (Å²) in [6.45, 7) is 3.57. The Morgan fingerprint density at radius 1 is 1.44 bits per heavy atom. The van der Waals surface area contributed by atoms with Crippen LogP contribution in [0.5, 0.6) is 0 Å². The summed E-state index contributed by atoms with van der Waals surface area (Å²) in [4.78, 5) is 2.05. The highest BCUT2D eigenvalue weighted by Crippen LogP contribution is 2.10. The molecule has 1 saturated heterocycles. The highest BCUT2D eigenvalue weighted by Gasteiger charge is 2.23. The van der Waals surface area contributed by atoms with Crippen molar-refractivity contribution in [2.45, 2.75) is 19.4 Å². The lowest BCUT2D eigenvalue weighted by Gasteiger charge is -2.18. The van der Waals surface area contributed by atoms with Gasteiger partial charge >= 0.3 is 0 Å². The van der Waals surface area contributed by atoms with E-state index < -0.39 is 0 Å². The van der Waals surface area contributed by atoms with Crippen LogP contribution in [0.15, 0.2) is 35.4 Å². The first-order valence-corrected chi connectivity index (χ1v) is 6.10. The molecule has 5 nitrogen and oxygen atoms in total. The minimum absolute atomic E-state index is 0.299. The third kappa shape index (κ3) is 2.80. The van der Waals surface area contributed by atoms with E-state index in [9.17, 15) is 0 Å². The first-order chi connectivity index (χ1) is 8.70. The zero-order chi connectivity index (χ0) is 13.0. The highest BCUT2D eigenvalue weighted by molar-refractivity contribution is 5.98. The van der Waals surface area contributed by atoms with E-state index in [4.69, 9.17) is 11.3 Å². The van der Waals surface area contributed by atoms with Gasteiger partial charge in [0.05, 0.1) is 5.84 Å². The van der Waals surface area contributed by atoms with Crippen molar-refractivity contribution in [3.05, 3.63) is 35.9 Å². The van der Waals surface area contributed by atoms with Gasteiger partial charge in [-0.25, -0.2) is 0 Å². The molecule has 96 valence electrons. The van der Waals surface area contributed by atoms with Crippen LogP contribution in [0.4, 0.5) is 0 Å². The summed E-state index contributed by atoms with van der Waals surface area (Å²) in [5.74, 6) is 6.78. The van der Waals surface area contributed by atoms with E-state index in [-0.39, 0.29) is 0 Å². The third-order valence-corrected chi connectivity index (χ3v) is 3.18. The summed E-state index contributed by atoms with van der Waals surface area (Å²) in [6.07, 6.45) is 1.00. The summed E-state index contributed by atoms with van der Waals surface area (Å²) in [5.41, 5.74) is 0.991. The lowest BCUT2D eigenvalue weighted by Crippen LogP contribution is -2.38. The van der Waals surface area contributed by atoms with Crippen molar-refractivity contribution in [1.82, 2.24) is 10.2 Å². The van der Waals surface area contributed by atoms with Crippen molar-refractivity contribution in [2.75, 3.05) is 13.1 Å². The van der Waals surface area contributed by atoms with Gasteiger partial charge in [-0.3, -0.25) is 5.41 Å². The highest BCUT2D eigenvalue weighted by atomic mass is 15.2. The van der Waals surface area contributed by atoms with Crippen LogP contribution in [0.3, 0.4) is 0 Å². The van der Waals surface area contributed by atoms with Crippen LogP contribution in [-0.2, 0) is 0 Å². The van der Waals surface area contributed by atoms with Crippen molar-refractivity contribution in [1.29, 1.82) is 5.41 Å². The molecule has 1 unspecified atom stereocenters. The van der Waals surface area contributed by atoms with Gasteiger partial charge in [0.25, 0.3) is 0 Å². The van der Waals surface area contributed by atoms with Gasteiger partial charge in [0, 0.05) is 24.7 Å². The minimum Gasteiger partial charge on any atom is -0.364 e. The monoisotopic (exact) mass is 245 g/mol. The average Bonchev–Trinajstić information content (AvgIpc) is 2.86. The van der Waals surface area contributed by atoms with Gasteiger partial charge in [-0.2, -0.15) is 5.10 Å². The third-order valence-electron chi connectivity index (χ3n) is 3.18. The fourth-order valence-electron chi connectivity index (χ4n) is 2.17. The van der Waals surface area contributed by atoms with Gasteiger partial charge in [-0.15, -0.1) is 0 Å². The Balaban J connectivity index is 1.99. The smallest absolute Gasteiger partial charge is 0.153 e. The molecule has 18 heavy (non-hydrogen) atoms. The van der Waals surface area contributed by atoms with E-state index in [1.807, 2.05) is 37.3 Å². The zero-order valence-electron chi connectivity index (χ0n) is 10.6. The first-order valence-electron chi connectivity index (χ1n) is 6.10. The van der Waals surface area contributed by atoms with Gasteiger partial charge in [0.15, 0.2) is 5.84 Å². The molecule has 1 aromatic carbocycles. The second-order valence-electron chi connectivity index (χ2n) is 4.51. The molecular weight excluding hydrogens is 226 g/mol. The van der Waals surface area contributed by atoms with E-state index in [0.29, 0.717) is 17.7 Å². The molecule has 1 atom stereocenters. The summed E-state index contributed by atoms with van der Waals surface area (Å²) in [6, 6.07) is 10.1. The van der Waals surface area contributed by atoms with Gasteiger partial charge < -0.3 is 16.1 Å². The fraction of sp³-hybridized carbons (Fsp3) is 0.385. The van der Waals surface area contributed by atoms with Crippen molar-refractivity contribution in [3.63, 3.8) is 0 Å². The Labute approximate surface area is 107 Å². The van der Waals surface area contributed by atoms with E-state index in [1.165, 1.54) is 0 Å². The van der Waals surface area contributed by atoms with Gasteiger partial charge in [0.1, 0.15) is 0 Å². The predicted octanol–water partition coefficient (Wildman–Crippen LogP) is 0.968. The number of nitrogens with zero attached hydrogens (tertiary/aromatic N) is 2. The number of amidine groups is 2. The van der Waals surface area contributed by atoms with Crippen molar-refractivity contribution in [3.8, 4) is 0 Å². The summed E-state index contributed by atoms with van der Waals surface area (Å²) >= 11 is 0. The quantitative estimate of drug-likeness (QED) is 0.314. The second kappa shape index (κ2) is 5.53. The second-order valence-corrected chi connectivity index (χ2v) is 4.51. The number of rotatable bonds is 2. The van der Waals surface area contributed by atoms with Crippen LogP contribution >= 0.6 is 0 Å². The number of hydrogen-bond acceptors (Lipinski definition) is 3. The van der Waals surface area contributed by atoms with Crippen LogP contribution in [0, 0.1) is 5.41 Å². The molecule has 1 heterocycles. The Morgan fingerprint density at radius 2 is 2.17 bits per heavy atom. The Kier molecular flexibility index (Phi) is 3.82. The molecule has 0 amide bonds. The summed E-state index contributed by atoms with van der Waals surface area (Å²) in [7, 11) is 0. The molecule has 1 aromatic rings. The molecule has 1 aliphatic rings. The molecule has 1 fully saturated rings. The minimum atomic E-state index is 0.299. The van der Waals surface area contributed by atoms with Crippen LogP contribution in [-0.4, -0.2) is 35.7 Å². The molecule has 0 spiro atoms. The van der Waals surface area contributed by atoms with Crippen LogP contribution in [0.2, 0.25) is 0 Å². The van der Waals surface area contributed by atoms with Crippen LogP contribution in [0.1, 0.15) is 18.9 Å². The molecule has 0 aromatic heterocycles. The maximum absolute atomic E-state index is 7.62. The normalized spacial score (nSPS) is 19.9. The number of nitrogens with two attached hydrogens (primary N) is 1. The summed E-state index contributed by atoms with van der Waals surface area (Å²) in [5, 5.41) is 14.8. The largest absolute Gasteiger partial charge is 0.364 e. The van der Waals surface area contributed by atoms with Crippen molar-refractivity contribution >= 4 is 11.7 Å². The molecule has 0 aliphatic carbocycles. The molecule has 1 aliphatic heterocycles. The number of hydrogen-bond donors (Lipinski definition) is 3. The molecule has 0 bridgehead atoms. The maximum Gasteiger partial charge on any atom is 0.153 e. The van der Waals surface area contributed by atoms with E-state index in [0.717, 1.165) is 25.1 Å². The van der Waals surface area contributed by atoms with E-state index >= 15 is 0 Å². The van der Waals surface area contributed by atoms with Gasteiger partial charge in [-0.1, -0.05) is 30.3 Å². The molecule has 0 radical (unpaired) electrons. The van der Waals surface area contributed by atoms with Crippen LogP contribution in [0.25, 0.3) is 0 Å². The Bertz CT molecular complexity index is 440. The molecular formula is C13H19N5. The average molecular weight is 245 g/mol. The molecule has 5 heteroatoms. The predicted molar refractivity (Wildman–Crippen MR) is 73.7 cm³/mol. The fourth-order valence-corrected chi connectivity index (χ4v) is 2.17. The van der Waals surface area contributed by atoms with Crippen LogP contribution < -0.4 is 11.2 Å². The Hall–Kier alpha value is -2.04. The SMILES string of the molecule is CC(=N)N1CCC(NC(=NN)c2ccccc2)C1. The number of benzene rings is 1. The summed E-state index contributed by atoms with van der Waals surface area (Å²) < 4.78 is 0. The van der Waals surface area contributed by atoms with Crippen molar-refractivity contribution in [2.24, 2.45) is 10.9 Å². The zero-order valence-corrected chi connectivity index (χ0v) is 10.6. The van der Waals surface area contributed by atoms with Gasteiger partial charge in [-0.05, 0) is 13.3 Å². The number of likely N-dealkylation sites (tertiary alicyclic amines) is 1. The topological polar surface area (TPSA) is 77.5 Å². The molecule has 0 saturated carbocycles.